The fourth-order valence-corrected chi connectivity index (χ4v) is 2.74. The predicted octanol–water partition coefficient (Wildman–Crippen LogP) is 3.35. The number of halogens is 1. The maximum Gasteiger partial charge on any atom is 0.251 e. The van der Waals surface area contributed by atoms with E-state index in [1.165, 1.54) is 23.7 Å². The first-order valence-corrected chi connectivity index (χ1v) is 8.43. The van der Waals surface area contributed by atoms with Crippen molar-refractivity contribution in [1.29, 1.82) is 0 Å². The number of hydrogen-bond acceptors (Lipinski definition) is 2. The molecular weight excluding hydrogens is 353 g/mol. The molecule has 0 aliphatic carbocycles. The van der Waals surface area contributed by atoms with Crippen LogP contribution in [-0.2, 0) is 6.42 Å². The normalized spacial score (nSPS) is 12.9. The van der Waals surface area contributed by atoms with Crippen molar-refractivity contribution < 1.29 is 9.53 Å². The van der Waals surface area contributed by atoms with E-state index >= 15 is 0 Å². The maximum absolute atomic E-state index is 12.0. The third kappa shape index (κ3) is 4.37. The van der Waals surface area contributed by atoms with Crippen LogP contribution in [0.2, 0.25) is 0 Å². The number of unbranched alkanes of at least 4 members (excludes halogenated alkanes) is 3. The van der Waals surface area contributed by atoms with Gasteiger partial charge < -0.3 is 10.1 Å². The van der Waals surface area contributed by atoms with Gasteiger partial charge in [0.1, 0.15) is 5.75 Å². The van der Waals surface area contributed by atoms with Crippen molar-refractivity contribution >= 4 is 28.5 Å². The zero-order chi connectivity index (χ0) is 13.5. The first-order chi connectivity index (χ1) is 9.31. The number of benzene rings is 1. The molecule has 19 heavy (non-hydrogen) atoms. The molecule has 0 fully saturated rings. The second-order valence-electron chi connectivity index (χ2n) is 4.78. The van der Waals surface area contributed by atoms with E-state index in [2.05, 4.69) is 27.9 Å². The van der Waals surface area contributed by atoms with Crippen LogP contribution in [0.1, 0.15) is 41.6 Å². The highest BCUT2D eigenvalue weighted by Crippen LogP contribution is 2.25. The molecule has 0 bridgehead atoms. The molecule has 1 amide bonds. The zero-order valence-corrected chi connectivity index (χ0v) is 13.2. The summed E-state index contributed by atoms with van der Waals surface area (Å²) in [5.41, 5.74) is 1.89. The van der Waals surface area contributed by atoms with Gasteiger partial charge in [-0.2, -0.15) is 0 Å². The molecule has 0 saturated heterocycles. The fraction of sp³-hybridized carbons (Fsp3) is 0.533. The highest BCUT2D eigenvalue weighted by atomic mass is 127. The summed E-state index contributed by atoms with van der Waals surface area (Å²) < 4.78 is 6.66. The van der Waals surface area contributed by atoms with E-state index in [0.717, 1.165) is 42.9 Å². The van der Waals surface area contributed by atoms with Crippen molar-refractivity contribution in [2.45, 2.75) is 32.1 Å². The van der Waals surface area contributed by atoms with Gasteiger partial charge in [0, 0.05) is 18.5 Å². The summed E-state index contributed by atoms with van der Waals surface area (Å²) in [4.78, 5) is 12.0. The number of amides is 1. The quantitative estimate of drug-likeness (QED) is 0.452. The SMILES string of the molecule is O=C(NCCCCCCI)c1ccc2c(c1)CCO2. The fourth-order valence-electron chi connectivity index (χ4n) is 2.20. The Hall–Kier alpha value is -0.780. The third-order valence-electron chi connectivity index (χ3n) is 3.30. The monoisotopic (exact) mass is 373 g/mol. The lowest BCUT2D eigenvalue weighted by Gasteiger charge is -2.06. The maximum atomic E-state index is 12.0. The van der Waals surface area contributed by atoms with Crippen molar-refractivity contribution in [2.75, 3.05) is 17.6 Å². The van der Waals surface area contributed by atoms with Crippen LogP contribution in [0.25, 0.3) is 0 Å². The van der Waals surface area contributed by atoms with Crippen molar-refractivity contribution in [1.82, 2.24) is 5.32 Å². The minimum absolute atomic E-state index is 0.0311. The standard InChI is InChI=1S/C15H20INO2/c16-8-3-1-2-4-9-17-15(18)13-5-6-14-12(11-13)7-10-19-14/h5-6,11H,1-4,7-10H2,(H,17,18). The van der Waals surface area contributed by atoms with Crippen LogP contribution in [0.4, 0.5) is 0 Å². The Kier molecular flexibility index (Phi) is 5.94. The molecule has 3 nitrogen and oxygen atoms in total. The van der Waals surface area contributed by atoms with Gasteiger partial charge in [-0.3, -0.25) is 4.79 Å². The average Bonchev–Trinajstić information content (AvgIpc) is 2.89. The molecule has 0 atom stereocenters. The van der Waals surface area contributed by atoms with Crippen molar-refractivity contribution in [2.24, 2.45) is 0 Å². The van der Waals surface area contributed by atoms with Crippen LogP contribution in [-0.4, -0.2) is 23.5 Å². The number of rotatable bonds is 7. The molecule has 0 unspecified atom stereocenters. The molecule has 1 aromatic rings. The highest BCUT2D eigenvalue weighted by Gasteiger charge is 2.14. The average molecular weight is 373 g/mol. The van der Waals surface area contributed by atoms with Gasteiger partial charge in [0.2, 0.25) is 0 Å². The smallest absolute Gasteiger partial charge is 0.251 e. The summed E-state index contributed by atoms with van der Waals surface area (Å²) in [6.07, 6.45) is 5.71. The molecule has 1 heterocycles. The Bertz CT molecular complexity index is 434. The number of fused-ring (bicyclic) bond motifs is 1. The van der Waals surface area contributed by atoms with Gasteiger partial charge in [-0.25, -0.2) is 0 Å². The lowest BCUT2D eigenvalue weighted by atomic mass is 10.1. The van der Waals surface area contributed by atoms with Crippen LogP contribution in [0, 0.1) is 0 Å². The molecule has 4 heteroatoms. The molecule has 1 aliphatic heterocycles. The first kappa shape index (κ1) is 14.6. The topological polar surface area (TPSA) is 38.3 Å². The molecule has 1 aromatic carbocycles. The minimum atomic E-state index is 0.0311. The van der Waals surface area contributed by atoms with E-state index in [4.69, 9.17) is 4.74 Å². The number of ether oxygens (including phenoxy) is 1. The summed E-state index contributed by atoms with van der Waals surface area (Å²) in [5, 5.41) is 2.99. The van der Waals surface area contributed by atoms with Gasteiger partial charge in [-0.15, -0.1) is 0 Å². The second-order valence-corrected chi connectivity index (χ2v) is 5.86. The van der Waals surface area contributed by atoms with E-state index in [1.807, 2.05) is 18.2 Å². The molecule has 2 rings (SSSR count). The minimum Gasteiger partial charge on any atom is -0.493 e. The van der Waals surface area contributed by atoms with Crippen LogP contribution < -0.4 is 10.1 Å². The molecular formula is C15H20INO2. The molecule has 1 aliphatic rings. The number of nitrogens with one attached hydrogen (secondary N) is 1. The van der Waals surface area contributed by atoms with Crippen LogP contribution in [0.3, 0.4) is 0 Å². The molecule has 0 spiro atoms. The molecule has 0 saturated carbocycles. The van der Waals surface area contributed by atoms with Gasteiger partial charge in [0.15, 0.2) is 0 Å². The third-order valence-corrected chi connectivity index (χ3v) is 4.06. The van der Waals surface area contributed by atoms with Crippen LogP contribution in [0.5, 0.6) is 5.75 Å². The van der Waals surface area contributed by atoms with Gasteiger partial charge in [0.25, 0.3) is 5.91 Å². The van der Waals surface area contributed by atoms with Crippen LogP contribution >= 0.6 is 22.6 Å². The van der Waals surface area contributed by atoms with E-state index < -0.39 is 0 Å². The summed E-state index contributed by atoms with van der Waals surface area (Å²) in [6.45, 7) is 1.50. The zero-order valence-electron chi connectivity index (χ0n) is 11.1. The first-order valence-electron chi connectivity index (χ1n) is 6.91. The van der Waals surface area contributed by atoms with E-state index in [0.29, 0.717) is 0 Å². The van der Waals surface area contributed by atoms with Crippen molar-refractivity contribution in [3.8, 4) is 5.75 Å². The van der Waals surface area contributed by atoms with Gasteiger partial charge in [0.05, 0.1) is 6.61 Å². The van der Waals surface area contributed by atoms with Crippen molar-refractivity contribution in [3.63, 3.8) is 0 Å². The van der Waals surface area contributed by atoms with Gasteiger partial charge in [-0.1, -0.05) is 35.4 Å². The Morgan fingerprint density at radius 3 is 2.95 bits per heavy atom. The van der Waals surface area contributed by atoms with Gasteiger partial charge >= 0.3 is 0 Å². The van der Waals surface area contributed by atoms with Gasteiger partial charge in [-0.05, 0) is 41.0 Å². The number of carbonyl (C=O) groups is 1. The Morgan fingerprint density at radius 1 is 1.26 bits per heavy atom. The molecule has 0 aromatic heterocycles. The van der Waals surface area contributed by atoms with Crippen LogP contribution in [0.15, 0.2) is 18.2 Å². The Labute approximate surface area is 128 Å². The molecule has 104 valence electrons. The van der Waals surface area contributed by atoms with E-state index in [-0.39, 0.29) is 5.91 Å². The summed E-state index contributed by atoms with van der Waals surface area (Å²) in [7, 11) is 0. The summed E-state index contributed by atoms with van der Waals surface area (Å²) in [5.74, 6) is 0.957. The number of hydrogen-bond donors (Lipinski definition) is 1. The largest absolute Gasteiger partial charge is 0.493 e. The Morgan fingerprint density at radius 2 is 2.11 bits per heavy atom. The predicted molar refractivity (Wildman–Crippen MR) is 85.3 cm³/mol. The number of carbonyl (C=O) groups excluding carboxylic acids is 1. The lowest BCUT2D eigenvalue weighted by Crippen LogP contribution is -2.24. The molecule has 1 N–H and O–H groups in total. The summed E-state index contributed by atoms with van der Waals surface area (Å²) >= 11 is 2.40. The second kappa shape index (κ2) is 7.72. The number of alkyl halides is 1. The van der Waals surface area contributed by atoms with Crippen molar-refractivity contribution in [3.05, 3.63) is 29.3 Å². The lowest BCUT2D eigenvalue weighted by molar-refractivity contribution is 0.0953. The van der Waals surface area contributed by atoms with E-state index in [1.54, 1.807) is 0 Å². The summed E-state index contributed by atoms with van der Waals surface area (Å²) in [6, 6.07) is 5.70. The molecule has 0 radical (unpaired) electrons. The highest BCUT2D eigenvalue weighted by molar-refractivity contribution is 14.1. The van der Waals surface area contributed by atoms with E-state index in [9.17, 15) is 4.79 Å². The Balaban J connectivity index is 1.74.